The van der Waals surface area contributed by atoms with Gasteiger partial charge in [0.15, 0.2) is 0 Å². The molecule has 0 bridgehead atoms. The number of amides is 2. The molecule has 0 radical (unpaired) electrons. The van der Waals surface area contributed by atoms with Crippen molar-refractivity contribution >= 4 is 35.3 Å². The van der Waals surface area contributed by atoms with Crippen molar-refractivity contribution in [3.8, 4) is 0 Å². The van der Waals surface area contributed by atoms with Gasteiger partial charge in [-0.2, -0.15) is 5.17 Å². The maximum Gasteiger partial charge on any atom is 0.343 e. The summed E-state index contributed by atoms with van der Waals surface area (Å²) in [6.45, 7) is -0.104. The summed E-state index contributed by atoms with van der Waals surface area (Å²) in [7, 11) is 0. The van der Waals surface area contributed by atoms with Crippen LogP contribution in [0.25, 0.3) is 0 Å². The second-order valence-electron chi connectivity index (χ2n) is 3.14. The summed E-state index contributed by atoms with van der Waals surface area (Å²) in [5, 5.41) is 10.5. The van der Waals surface area contributed by atoms with Crippen LogP contribution in [0.1, 0.15) is 0 Å². The first-order chi connectivity index (χ1) is 7.63. The van der Waals surface area contributed by atoms with E-state index in [0.29, 0.717) is 27.9 Å². The second kappa shape index (κ2) is 3.99. The average molecular weight is 242 g/mol. The fraction of sp³-hybridized carbons (Fsp3) is 0.111. The number of fused-ring (bicyclic) bond motifs is 1. The molecule has 7 heteroatoms. The number of carbonyl (C=O) groups excluding carboxylic acids is 2. The van der Waals surface area contributed by atoms with Crippen molar-refractivity contribution in [1.29, 1.82) is 0 Å². The van der Waals surface area contributed by atoms with Crippen LogP contribution in [0.5, 0.6) is 0 Å². The molecule has 6 nitrogen and oxygen atoms in total. The van der Waals surface area contributed by atoms with E-state index in [1.165, 1.54) is 17.0 Å². The van der Waals surface area contributed by atoms with E-state index in [2.05, 4.69) is 5.43 Å². The highest BCUT2D eigenvalue weighted by atomic mass is 35.5. The molecule has 0 spiro atoms. The number of nitrogens with one attached hydrogen (secondary N) is 1. The zero-order valence-electron chi connectivity index (χ0n) is 8.05. The lowest BCUT2D eigenvalue weighted by molar-refractivity contribution is -0.106. The molecule has 0 aromatic heterocycles. The normalized spacial score (nSPS) is 14.5. The Labute approximate surface area is 95.9 Å². The van der Waals surface area contributed by atoms with E-state index in [0.717, 1.165) is 0 Å². The summed E-state index contributed by atoms with van der Waals surface area (Å²) in [6, 6.07) is 4.02. The van der Waals surface area contributed by atoms with Gasteiger partial charge < -0.3 is 4.79 Å². The number of hydrazine groups is 1. The van der Waals surface area contributed by atoms with E-state index in [1.807, 2.05) is 0 Å². The number of halogens is 1. The van der Waals surface area contributed by atoms with Crippen molar-refractivity contribution in [2.24, 2.45) is 0 Å². The molecule has 1 aromatic rings. The van der Waals surface area contributed by atoms with Gasteiger partial charge in [0.05, 0.1) is 12.2 Å². The third-order valence-corrected chi connectivity index (χ3v) is 2.40. The van der Waals surface area contributed by atoms with Gasteiger partial charge in [0, 0.05) is 5.02 Å². The summed E-state index contributed by atoms with van der Waals surface area (Å²) in [4.78, 5) is 23.1. The third-order valence-electron chi connectivity index (χ3n) is 2.16. The van der Waals surface area contributed by atoms with Gasteiger partial charge in [-0.25, -0.2) is 10.2 Å². The highest BCUT2D eigenvalue weighted by molar-refractivity contribution is 6.31. The molecule has 0 saturated carbocycles. The molecule has 0 saturated heterocycles. The Hall–Kier alpha value is -1.79. The van der Waals surface area contributed by atoms with Crippen molar-refractivity contribution in [3.05, 3.63) is 23.2 Å². The van der Waals surface area contributed by atoms with Crippen LogP contribution in [0.2, 0.25) is 5.02 Å². The number of aldehydes is 1. The van der Waals surface area contributed by atoms with Crippen LogP contribution in [0.15, 0.2) is 18.2 Å². The number of hydrogen-bond acceptors (Lipinski definition) is 4. The molecule has 16 heavy (non-hydrogen) atoms. The average Bonchev–Trinajstić information content (AvgIpc) is 2.23. The molecule has 2 N–H and O–H groups in total. The molecule has 0 unspecified atom stereocenters. The second-order valence-corrected chi connectivity index (χ2v) is 3.58. The van der Waals surface area contributed by atoms with E-state index in [1.54, 1.807) is 6.07 Å². The van der Waals surface area contributed by atoms with Gasteiger partial charge in [0.25, 0.3) is 0 Å². The largest absolute Gasteiger partial charge is 0.343 e. The molecule has 1 aromatic carbocycles. The highest BCUT2D eigenvalue weighted by Crippen LogP contribution is 2.33. The van der Waals surface area contributed by atoms with Crippen molar-refractivity contribution < 1.29 is 14.8 Å². The number of anilines is 2. The predicted molar refractivity (Wildman–Crippen MR) is 57.7 cm³/mol. The zero-order valence-corrected chi connectivity index (χ0v) is 8.81. The molecule has 1 heterocycles. The van der Waals surface area contributed by atoms with E-state index < -0.39 is 6.03 Å². The maximum absolute atomic E-state index is 11.5. The fourth-order valence-corrected chi connectivity index (χ4v) is 1.63. The number of urea groups is 1. The monoisotopic (exact) mass is 241 g/mol. The molecule has 0 fully saturated rings. The number of rotatable bonds is 2. The first-order valence-corrected chi connectivity index (χ1v) is 4.81. The summed E-state index contributed by atoms with van der Waals surface area (Å²) in [5.41, 5.74) is 2.90. The van der Waals surface area contributed by atoms with E-state index >= 15 is 0 Å². The predicted octanol–water partition coefficient (Wildman–Crippen LogP) is 1.18. The van der Waals surface area contributed by atoms with Gasteiger partial charge in [0.2, 0.25) is 0 Å². The summed E-state index contributed by atoms with van der Waals surface area (Å²) in [5.74, 6) is 0. The van der Waals surface area contributed by atoms with Crippen LogP contribution in [0.4, 0.5) is 16.2 Å². The lowest BCUT2D eigenvalue weighted by atomic mass is 10.2. The number of nitrogens with zero attached hydrogens (tertiary/aromatic N) is 2. The minimum absolute atomic E-state index is 0.104. The van der Waals surface area contributed by atoms with Crippen LogP contribution < -0.4 is 15.5 Å². The number of hydrogen-bond donors (Lipinski definition) is 2. The Balaban J connectivity index is 2.51. The van der Waals surface area contributed by atoms with Gasteiger partial charge >= 0.3 is 6.03 Å². The van der Waals surface area contributed by atoms with Crippen molar-refractivity contribution in [1.82, 2.24) is 5.43 Å². The van der Waals surface area contributed by atoms with Crippen molar-refractivity contribution in [3.63, 3.8) is 0 Å². The van der Waals surface area contributed by atoms with Gasteiger partial charge in [-0.05, 0) is 18.2 Å². The minimum Gasteiger partial charge on any atom is -0.301 e. The molecular formula is C9H8ClN3O3. The fourth-order valence-electron chi connectivity index (χ4n) is 1.47. The molecule has 1 aliphatic heterocycles. The Morgan fingerprint density at radius 1 is 1.44 bits per heavy atom. The van der Waals surface area contributed by atoms with Crippen LogP contribution in [-0.4, -0.2) is 24.1 Å². The van der Waals surface area contributed by atoms with Gasteiger partial charge in [0.1, 0.15) is 12.0 Å². The van der Waals surface area contributed by atoms with Gasteiger partial charge in [-0.3, -0.25) is 10.1 Å². The van der Waals surface area contributed by atoms with Crippen LogP contribution >= 0.6 is 11.6 Å². The van der Waals surface area contributed by atoms with Gasteiger partial charge in [-0.15, -0.1) is 0 Å². The Bertz CT molecular complexity index is 452. The lowest BCUT2D eigenvalue weighted by Gasteiger charge is -2.33. The van der Waals surface area contributed by atoms with Gasteiger partial charge in [-0.1, -0.05) is 11.6 Å². The first kappa shape index (κ1) is 10.7. The zero-order chi connectivity index (χ0) is 11.7. The van der Waals surface area contributed by atoms with E-state index in [9.17, 15) is 14.8 Å². The smallest absolute Gasteiger partial charge is 0.301 e. The van der Waals surface area contributed by atoms with Crippen LogP contribution in [-0.2, 0) is 4.79 Å². The Morgan fingerprint density at radius 2 is 2.19 bits per heavy atom. The standard InChI is InChI=1S/C9H8ClN3O3/c10-6-1-2-7-8(5-6)12(3-4-14)9(15)11-13(7)16/h1-2,4-5,16H,3H2,(H,11,15). The number of carbonyl (C=O) groups is 2. The van der Waals surface area contributed by atoms with Crippen molar-refractivity contribution in [2.45, 2.75) is 0 Å². The highest BCUT2D eigenvalue weighted by Gasteiger charge is 2.27. The molecule has 2 amide bonds. The minimum atomic E-state index is -0.593. The third kappa shape index (κ3) is 1.68. The molecule has 0 atom stereocenters. The van der Waals surface area contributed by atoms with Crippen LogP contribution in [0.3, 0.4) is 0 Å². The molecular weight excluding hydrogens is 234 g/mol. The molecule has 84 valence electrons. The molecule has 1 aliphatic rings. The van der Waals surface area contributed by atoms with E-state index in [-0.39, 0.29) is 6.54 Å². The quantitative estimate of drug-likeness (QED) is 0.763. The lowest BCUT2D eigenvalue weighted by Crippen LogP contribution is -2.53. The summed E-state index contributed by atoms with van der Waals surface area (Å²) >= 11 is 5.79. The molecule has 2 rings (SSSR count). The number of benzene rings is 1. The SMILES string of the molecule is O=CCN1C(=O)NN(O)c2ccc(Cl)cc21. The summed E-state index contributed by atoms with van der Waals surface area (Å²) in [6.07, 6.45) is 0.595. The Morgan fingerprint density at radius 3 is 2.88 bits per heavy atom. The van der Waals surface area contributed by atoms with E-state index in [4.69, 9.17) is 11.6 Å². The first-order valence-electron chi connectivity index (χ1n) is 4.44. The Kier molecular flexibility index (Phi) is 2.67. The topological polar surface area (TPSA) is 72.9 Å². The van der Waals surface area contributed by atoms with Crippen LogP contribution in [0, 0.1) is 0 Å². The van der Waals surface area contributed by atoms with Crippen molar-refractivity contribution in [2.75, 3.05) is 16.6 Å². The maximum atomic E-state index is 11.5. The summed E-state index contributed by atoms with van der Waals surface area (Å²) < 4.78 is 0. The molecule has 0 aliphatic carbocycles.